The smallest absolute Gasteiger partial charge is 0.319 e. The number of carbonyl (C=O) groups excluding carboxylic acids is 1. The van der Waals surface area contributed by atoms with Gasteiger partial charge in [-0.15, -0.1) is 0 Å². The molecule has 104 valence electrons. The predicted molar refractivity (Wildman–Crippen MR) is 73.4 cm³/mol. The van der Waals surface area contributed by atoms with Crippen molar-refractivity contribution in [2.24, 2.45) is 11.7 Å². The minimum atomic E-state index is 0.224. The zero-order chi connectivity index (χ0) is 13.1. The molecule has 0 bridgehead atoms. The molecule has 0 radical (unpaired) electrons. The van der Waals surface area contributed by atoms with E-state index in [0.717, 1.165) is 45.2 Å². The first-order chi connectivity index (χ1) is 8.58. The Morgan fingerprint density at radius 2 is 1.89 bits per heavy atom. The number of piperidine rings is 1. The number of nitrogens with zero attached hydrogens (tertiary/aromatic N) is 2. The highest BCUT2D eigenvalue weighted by Crippen LogP contribution is 2.23. The normalized spacial score (nSPS) is 33.3. The van der Waals surface area contributed by atoms with Gasteiger partial charge in [0.25, 0.3) is 0 Å². The molecule has 1 saturated heterocycles. The van der Waals surface area contributed by atoms with Crippen LogP contribution in [0.2, 0.25) is 0 Å². The summed E-state index contributed by atoms with van der Waals surface area (Å²) in [5, 5.41) is 0. The number of carbonyl (C=O) groups is 1. The van der Waals surface area contributed by atoms with Crippen molar-refractivity contribution in [3.63, 3.8) is 0 Å². The highest BCUT2D eigenvalue weighted by atomic mass is 16.2. The van der Waals surface area contributed by atoms with Crippen LogP contribution in [0, 0.1) is 5.92 Å². The molecule has 4 heteroatoms. The third-order valence-electron chi connectivity index (χ3n) is 4.52. The Morgan fingerprint density at radius 3 is 2.50 bits per heavy atom. The van der Waals surface area contributed by atoms with Crippen LogP contribution in [0.3, 0.4) is 0 Å². The van der Waals surface area contributed by atoms with E-state index < -0.39 is 0 Å². The second kappa shape index (κ2) is 5.91. The largest absolute Gasteiger partial charge is 0.328 e. The Labute approximate surface area is 110 Å². The summed E-state index contributed by atoms with van der Waals surface area (Å²) in [5.74, 6) is 0.649. The minimum Gasteiger partial charge on any atom is -0.328 e. The van der Waals surface area contributed by atoms with Crippen LogP contribution in [-0.2, 0) is 0 Å². The van der Waals surface area contributed by atoms with E-state index in [1.165, 1.54) is 6.42 Å². The molecule has 1 atom stereocenters. The summed E-state index contributed by atoms with van der Waals surface area (Å²) in [6.07, 6.45) is 6.64. The van der Waals surface area contributed by atoms with Crippen LogP contribution in [0.1, 0.15) is 45.4 Å². The van der Waals surface area contributed by atoms with E-state index in [9.17, 15) is 4.79 Å². The summed E-state index contributed by atoms with van der Waals surface area (Å²) < 4.78 is 0. The van der Waals surface area contributed by atoms with Crippen molar-refractivity contribution in [3.05, 3.63) is 0 Å². The molecule has 18 heavy (non-hydrogen) atoms. The van der Waals surface area contributed by atoms with E-state index in [4.69, 9.17) is 5.73 Å². The van der Waals surface area contributed by atoms with Gasteiger partial charge in [0, 0.05) is 32.2 Å². The van der Waals surface area contributed by atoms with E-state index in [1.54, 1.807) is 0 Å². The molecule has 0 aromatic carbocycles. The Bertz CT molecular complexity index is 287. The summed E-state index contributed by atoms with van der Waals surface area (Å²) in [5.41, 5.74) is 5.92. The van der Waals surface area contributed by atoms with Crippen molar-refractivity contribution in [3.8, 4) is 0 Å². The molecule has 2 amide bonds. The summed E-state index contributed by atoms with van der Waals surface area (Å²) in [7, 11) is 1.96. The quantitative estimate of drug-likeness (QED) is 0.777. The van der Waals surface area contributed by atoms with E-state index in [0.29, 0.717) is 18.0 Å². The van der Waals surface area contributed by atoms with Crippen molar-refractivity contribution in [1.82, 2.24) is 9.80 Å². The van der Waals surface area contributed by atoms with E-state index in [2.05, 4.69) is 6.92 Å². The van der Waals surface area contributed by atoms with Gasteiger partial charge in [-0.3, -0.25) is 0 Å². The average Bonchev–Trinajstić information content (AvgIpc) is 2.38. The standard InChI is InChI=1S/C14H27N3O/c1-11-4-3-9-17(10-11)14(18)16(2)13-7-5-12(15)6-8-13/h11-13H,3-10,15H2,1-2H3. The minimum absolute atomic E-state index is 0.224. The number of amides is 2. The summed E-state index contributed by atoms with van der Waals surface area (Å²) in [6.45, 7) is 4.09. The van der Waals surface area contributed by atoms with Crippen LogP contribution in [-0.4, -0.2) is 48.1 Å². The van der Waals surface area contributed by atoms with Gasteiger partial charge >= 0.3 is 6.03 Å². The first kappa shape index (κ1) is 13.7. The second-order valence-electron chi connectivity index (χ2n) is 6.16. The fourth-order valence-corrected chi connectivity index (χ4v) is 3.23. The fourth-order valence-electron chi connectivity index (χ4n) is 3.23. The molecule has 1 unspecified atom stereocenters. The third-order valence-corrected chi connectivity index (χ3v) is 4.52. The molecule has 0 aromatic rings. The van der Waals surface area contributed by atoms with Gasteiger partial charge in [-0.25, -0.2) is 4.79 Å². The Hall–Kier alpha value is -0.770. The number of likely N-dealkylation sites (tertiary alicyclic amines) is 1. The van der Waals surface area contributed by atoms with Crippen molar-refractivity contribution in [2.75, 3.05) is 20.1 Å². The van der Waals surface area contributed by atoms with Gasteiger partial charge < -0.3 is 15.5 Å². The van der Waals surface area contributed by atoms with Crippen LogP contribution in [0.15, 0.2) is 0 Å². The van der Waals surface area contributed by atoms with Crippen molar-refractivity contribution in [2.45, 2.75) is 57.5 Å². The first-order valence-electron chi connectivity index (χ1n) is 7.35. The molecular formula is C14H27N3O. The molecular weight excluding hydrogens is 226 g/mol. The maximum atomic E-state index is 12.4. The predicted octanol–water partition coefficient (Wildman–Crippen LogP) is 2.04. The van der Waals surface area contributed by atoms with Gasteiger partial charge in [-0.2, -0.15) is 0 Å². The maximum Gasteiger partial charge on any atom is 0.319 e. The molecule has 2 aliphatic rings. The molecule has 0 aromatic heterocycles. The Morgan fingerprint density at radius 1 is 1.22 bits per heavy atom. The number of rotatable bonds is 1. The van der Waals surface area contributed by atoms with Gasteiger partial charge in [0.1, 0.15) is 0 Å². The molecule has 1 aliphatic heterocycles. The number of nitrogens with two attached hydrogens (primary N) is 1. The van der Waals surface area contributed by atoms with Crippen LogP contribution in [0.25, 0.3) is 0 Å². The van der Waals surface area contributed by atoms with Gasteiger partial charge in [-0.05, 0) is 44.4 Å². The molecule has 2 rings (SSSR count). The van der Waals surface area contributed by atoms with E-state index in [-0.39, 0.29) is 6.03 Å². The topological polar surface area (TPSA) is 49.6 Å². The third kappa shape index (κ3) is 3.16. The SMILES string of the molecule is CC1CCCN(C(=O)N(C)C2CCC(N)CC2)C1. The van der Waals surface area contributed by atoms with E-state index >= 15 is 0 Å². The number of hydrogen-bond donors (Lipinski definition) is 1. The Kier molecular flexibility index (Phi) is 4.49. The molecule has 1 heterocycles. The molecule has 2 N–H and O–H groups in total. The Balaban J connectivity index is 1.87. The summed E-state index contributed by atoms with van der Waals surface area (Å²) >= 11 is 0. The van der Waals surface area contributed by atoms with Crippen molar-refractivity contribution >= 4 is 6.03 Å². The fraction of sp³-hybridized carbons (Fsp3) is 0.929. The highest BCUT2D eigenvalue weighted by molar-refractivity contribution is 5.74. The molecule has 1 saturated carbocycles. The monoisotopic (exact) mass is 253 g/mol. The second-order valence-corrected chi connectivity index (χ2v) is 6.16. The zero-order valence-corrected chi connectivity index (χ0v) is 11.8. The lowest BCUT2D eigenvalue weighted by Crippen LogP contribution is -2.50. The summed E-state index contributed by atoms with van der Waals surface area (Å²) in [6, 6.07) is 0.969. The van der Waals surface area contributed by atoms with E-state index in [1.807, 2.05) is 16.8 Å². The first-order valence-corrected chi connectivity index (χ1v) is 7.35. The molecule has 1 aliphatic carbocycles. The lowest BCUT2D eigenvalue weighted by atomic mass is 9.91. The number of hydrogen-bond acceptors (Lipinski definition) is 2. The van der Waals surface area contributed by atoms with Crippen LogP contribution >= 0.6 is 0 Å². The lowest BCUT2D eigenvalue weighted by molar-refractivity contribution is 0.115. The van der Waals surface area contributed by atoms with Gasteiger partial charge in [0.2, 0.25) is 0 Å². The van der Waals surface area contributed by atoms with Crippen LogP contribution in [0.4, 0.5) is 4.79 Å². The molecule has 0 spiro atoms. The number of urea groups is 1. The average molecular weight is 253 g/mol. The van der Waals surface area contributed by atoms with Gasteiger partial charge in [-0.1, -0.05) is 6.92 Å². The highest BCUT2D eigenvalue weighted by Gasteiger charge is 2.29. The van der Waals surface area contributed by atoms with Crippen LogP contribution < -0.4 is 5.73 Å². The van der Waals surface area contributed by atoms with Crippen molar-refractivity contribution in [1.29, 1.82) is 0 Å². The van der Waals surface area contributed by atoms with Crippen LogP contribution in [0.5, 0.6) is 0 Å². The van der Waals surface area contributed by atoms with Gasteiger partial charge in [0.15, 0.2) is 0 Å². The maximum absolute atomic E-state index is 12.4. The summed E-state index contributed by atoms with van der Waals surface area (Å²) in [4.78, 5) is 16.4. The molecule has 4 nitrogen and oxygen atoms in total. The molecule has 2 fully saturated rings. The lowest BCUT2D eigenvalue weighted by Gasteiger charge is -2.39. The van der Waals surface area contributed by atoms with Crippen molar-refractivity contribution < 1.29 is 4.79 Å². The van der Waals surface area contributed by atoms with Gasteiger partial charge in [0.05, 0.1) is 0 Å². The zero-order valence-electron chi connectivity index (χ0n) is 11.8.